The fourth-order valence-electron chi connectivity index (χ4n) is 0.0873. The minimum Gasteiger partial charge on any atom is -0.478 e. The van der Waals surface area contributed by atoms with Crippen molar-refractivity contribution in [3.8, 4) is 0 Å². The normalized spacial score (nSPS) is 17.4. The second-order valence-corrected chi connectivity index (χ2v) is 2.35. The molecule has 0 radical (unpaired) electrons. The highest BCUT2D eigenvalue weighted by molar-refractivity contribution is 7.82. The van der Waals surface area contributed by atoms with Crippen LogP contribution in [0, 0.1) is 0 Å². The maximum atomic E-state index is 10.1. The van der Waals surface area contributed by atoms with Crippen molar-refractivity contribution in [2.24, 2.45) is 0 Å². The molecule has 8 heavy (non-hydrogen) atoms. The summed E-state index contributed by atoms with van der Waals surface area (Å²) in [6.45, 7) is 1.36. The van der Waals surface area contributed by atoms with Crippen LogP contribution in [0.25, 0.3) is 0 Å². The van der Waals surface area contributed by atoms with Crippen LogP contribution < -0.4 is 0 Å². The van der Waals surface area contributed by atoms with Crippen LogP contribution in [0.5, 0.6) is 0 Å². The highest BCUT2D eigenvalue weighted by Gasteiger charge is 2.26. The van der Waals surface area contributed by atoms with Gasteiger partial charge in [-0.25, -0.2) is 4.79 Å². The number of methoxy groups -OCH3 is 1. The molecule has 0 heterocycles. The molecular weight excluding hydrogens is 128 g/mol. The third kappa shape index (κ3) is 1.71. The van der Waals surface area contributed by atoms with Gasteiger partial charge in [0.15, 0.2) is 0 Å². The molecule has 0 amide bonds. The molecule has 0 saturated heterocycles. The molecule has 0 aromatic rings. The Morgan fingerprint density at radius 1 is 1.88 bits per heavy atom. The number of carboxylic acid groups (broad SMARTS) is 1. The molecule has 0 bridgehead atoms. The largest absolute Gasteiger partial charge is 0.478 e. The Bertz CT molecular complexity index is 99.5. The highest BCUT2D eigenvalue weighted by Crippen LogP contribution is 2.12. The van der Waals surface area contributed by atoms with Gasteiger partial charge in [0.25, 0.3) is 0 Å². The predicted molar refractivity (Wildman–Crippen MR) is 32.0 cm³/mol. The first kappa shape index (κ1) is 7.78. The maximum absolute atomic E-state index is 10.1. The van der Waals surface area contributed by atoms with Crippen LogP contribution in [-0.2, 0) is 9.53 Å². The van der Waals surface area contributed by atoms with E-state index in [4.69, 9.17) is 5.11 Å². The zero-order valence-corrected chi connectivity index (χ0v) is 5.61. The summed E-state index contributed by atoms with van der Waals surface area (Å²) in [6.07, 6.45) is 0. The standard InChI is InChI=1S/C4H8O3S/c1-4(8,7-2)3(5)6/h8H,1-2H3,(H,5,6)/t4-/m0/s1. The van der Waals surface area contributed by atoms with Crippen LogP contribution >= 0.6 is 12.6 Å². The lowest BCUT2D eigenvalue weighted by Gasteiger charge is -2.14. The number of carboxylic acids is 1. The molecular formula is C4H8O3S. The number of hydrogen-bond donors (Lipinski definition) is 2. The lowest BCUT2D eigenvalue weighted by molar-refractivity contribution is -0.150. The molecule has 0 aromatic heterocycles. The summed E-state index contributed by atoms with van der Waals surface area (Å²) in [4.78, 5) is 8.70. The van der Waals surface area contributed by atoms with Crippen molar-refractivity contribution >= 4 is 18.6 Å². The fourth-order valence-corrected chi connectivity index (χ4v) is 0.0873. The van der Waals surface area contributed by atoms with Gasteiger partial charge in [0, 0.05) is 7.11 Å². The summed E-state index contributed by atoms with van der Waals surface area (Å²) in [5.74, 6) is -1.08. The number of carbonyl (C=O) groups is 1. The van der Waals surface area contributed by atoms with E-state index >= 15 is 0 Å². The van der Waals surface area contributed by atoms with Crippen LogP contribution in [0.15, 0.2) is 0 Å². The lowest BCUT2D eigenvalue weighted by atomic mass is 10.4. The Morgan fingerprint density at radius 2 is 2.25 bits per heavy atom. The zero-order chi connectivity index (χ0) is 6.78. The van der Waals surface area contributed by atoms with Gasteiger partial charge in [-0.2, -0.15) is 0 Å². The third-order valence-corrected chi connectivity index (χ3v) is 1.17. The second kappa shape index (κ2) is 2.37. The van der Waals surface area contributed by atoms with Crippen LogP contribution in [-0.4, -0.2) is 23.1 Å². The molecule has 1 atom stereocenters. The van der Waals surface area contributed by atoms with Gasteiger partial charge in [-0.05, 0) is 6.92 Å². The molecule has 0 aliphatic rings. The molecule has 0 spiro atoms. The van der Waals surface area contributed by atoms with E-state index in [1.165, 1.54) is 14.0 Å². The van der Waals surface area contributed by atoms with E-state index in [0.717, 1.165) is 0 Å². The summed E-state index contributed by atoms with van der Waals surface area (Å²) in [6, 6.07) is 0. The van der Waals surface area contributed by atoms with Crippen LogP contribution in [0.2, 0.25) is 0 Å². The molecule has 0 saturated carbocycles. The minimum atomic E-state index is -1.35. The summed E-state index contributed by atoms with van der Waals surface area (Å²) in [5, 5.41) is 8.24. The van der Waals surface area contributed by atoms with Gasteiger partial charge >= 0.3 is 5.97 Å². The van der Waals surface area contributed by atoms with Crippen molar-refractivity contribution in [1.29, 1.82) is 0 Å². The van der Waals surface area contributed by atoms with E-state index in [9.17, 15) is 4.79 Å². The van der Waals surface area contributed by atoms with Crippen molar-refractivity contribution in [3.63, 3.8) is 0 Å². The van der Waals surface area contributed by atoms with E-state index in [-0.39, 0.29) is 0 Å². The van der Waals surface area contributed by atoms with Gasteiger partial charge < -0.3 is 9.84 Å². The smallest absolute Gasteiger partial charge is 0.346 e. The lowest BCUT2D eigenvalue weighted by Crippen LogP contribution is -2.30. The van der Waals surface area contributed by atoms with Crippen LogP contribution in [0.3, 0.4) is 0 Å². The average Bonchev–Trinajstić information content (AvgIpc) is 1.67. The van der Waals surface area contributed by atoms with Crippen molar-refractivity contribution in [3.05, 3.63) is 0 Å². The van der Waals surface area contributed by atoms with Gasteiger partial charge in [-0.3, -0.25) is 0 Å². The average molecular weight is 136 g/mol. The van der Waals surface area contributed by atoms with Crippen molar-refractivity contribution in [2.45, 2.75) is 11.9 Å². The SMILES string of the molecule is CO[C@@](C)(S)C(=O)O. The Balaban J connectivity index is 3.91. The number of aliphatic carboxylic acids is 1. The summed E-state index contributed by atoms with van der Waals surface area (Å²) in [5.41, 5.74) is 0. The number of ether oxygens (including phenoxy) is 1. The first-order valence-corrected chi connectivity index (χ1v) is 2.46. The van der Waals surface area contributed by atoms with Gasteiger partial charge in [-0.1, -0.05) is 0 Å². The van der Waals surface area contributed by atoms with E-state index in [1.807, 2.05) is 0 Å². The summed E-state index contributed by atoms with van der Waals surface area (Å²) < 4.78 is 4.46. The minimum absolute atomic E-state index is 1.08. The van der Waals surface area contributed by atoms with Crippen molar-refractivity contribution < 1.29 is 14.6 Å². The topological polar surface area (TPSA) is 46.5 Å². The molecule has 1 N–H and O–H groups in total. The molecule has 0 aliphatic heterocycles. The van der Waals surface area contributed by atoms with E-state index in [0.29, 0.717) is 0 Å². The molecule has 0 rings (SSSR count). The van der Waals surface area contributed by atoms with Crippen LogP contribution in [0.1, 0.15) is 6.92 Å². The Hall–Kier alpha value is -0.220. The van der Waals surface area contributed by atoms with Gasteiger partial charge in [-0.15, -0.1) is 12.6 Å². The van der Waals surface area contributed by atoms with E-state index < -0.39 is 10.9 Å². The van der Waals surface area contributed by atoms with Gasteiger partial charge in [0.1, 0.15) is 0 Å². The fraction of sp³-hybridized carbons (Fsp3) is 0.750. The molecule has 0 aliphatic carbocycles. The molecule has 0 fully saturated rings. The zero-order valence-electron chi connectivity index (χ0n) is 4.71. The Kier molecular flexibility index (Phi) is 2.30. The predicted octanol–water partition coefficient (Wildman–Crippen LogP) is 0.363. The molecule has 48 valence electrons. The Labute approximate surface area is 53.1 Å². The first-order chi connectivity index (χ1) is 3.50. The number of rotatable bonds is 2. The molecule has 3 nitrogen and oxygen atoms in total. The van der Waals surface area contributed by atoms with Crippen molar-refractivity contribution in [2.75, 3.05) is 7.11 Å². The first-order valence-electron chi connectivity index (χ1n) is 2.01. The third-order valence-electron chi connectivity index (χ3n) is 0.794. The molecule has 0 unspecified atom stereocenters. The Morgan fingerprint density at radius 3 is 2.25 bits per heavy atom. The second-order valence-electron chi connectivity index (χ2n) is 1.49. The van der Waals surface area contributed by atoms with Gasteiger partial charge in [0.2, 0.25) is 4.93 Å². The van der Waals surface area contributed by atoms with E-state index in [1.54, 1.807) is 0 Å². The number of thiol groups is 1. The molecule has 0 aromatic carbocycles. The van der Waals surface area contributed by atoms with Gasteiger partial charge in [0.05, 0.1) is 0 Å². The quantitative estimate of drug-likeness (QED) is 0.425. The summed E-state index contributed by atoms with van der Waals surface area (Å²) in [7, 11) is 1.29. The highest BCUT2D eigenvalue weighted by atomic mass is 32.1. The van der Waals surface area contributed by atoms with E-state index in [2.05, 4.69) is 17.4 Å². The monoisotopic (exact) mass is 136 g/mol. The number of hydrogen-bond acceptors (Lipinski definition) is 3. The van der Waals surface area contributed by atoms with Crippen LogP contribution in [0.4, 0.5) is 0 Å². The molecule has 4 heteroatoms. The summed E-state index contributed by atoms with van der Waals surface area (Å²) >= 11 is 3.66. The maximum Gasteiger partial charge on any atom is 0.346 e. The van der Waals surface area contributed by atoms with Crippen molar-refractivity contribution in [1.82, 2.24) is 0 Å².